The van der Waals surface area contributed by atoms with Crippen molar-refractivity contribution in [2.24, 2.45) is 0 Å². The second-order valence-corrected chi connectivity index (χ2v) is 13.3. The molecule has 0 radical (unpaired) electrons. The first-order valence-corrected chi connectivity index (χ1v) is 17.2. The van der Waals surface area contributed by atoms with Gasteiger partial charge < -0.3 is 15.0 Å². The van der Waals surface area contributed by atoms with E-state index in [2.05, 4.69) is 21.2 Å². The van der Waals surface area contributed by atoms with Gasteiger partial charge in [0, 0.05) is 36.4 Å². The maximum Gasteiger partial charge on any atom is 0.243 e. The van der Waals surface area contributed by atoms with Crippen LogP contribution in [0.3, 0.4) is 0 Å². The van der Waals surface area contributed by atoms with Gasteiger partial charge in [0.2, 0.25) is 21.8 Å². The first kappa shape index (κ1) is 34.1. The SMILES string of the molecule is CCOc1ccccc1N(CCCC(=O)N(Cc1cccc(Br)c1)[C@H](Cc1ccccc1)C(=O)N[C@@H](C)CC)S(C)(=O)=O. The molecule has 3 rings (SSSR count). The number of benzene rings is 3. The van der Waals surface area contributed by atoms with Gasteiger partial charge in [0.1, 0.15) is 11.8 Å². The van der Waals surface area contributed by atoms with E-state index in [4.69, 9.17) is 4.74 Å². The fraction of sp³-hybridized carbons (Fsp3) is 0.394. The summed E-state index contributed by atoms with van der Waals surface area (Å²) in [5.41, 5.74) is 2.25. The lowest BCUT2D eigenvalue weighted by Gasteiger charge is -2.33. The lowest BCUT2D eigenvalue weighted by Crippen LogP contribution is -2.52. The number of nitrogens with zero attached hydrogens (tertiary/aromatic N) is 2. The molecular weight excluding hydrogens is 630 g/mol. The number of ether oxygens (including phenoxy) is 1. The maximum atomic E-state index is 14.0. The minimum atomic E-state index is -3.66. The fourth-order valence-corrected chi connectivity index (χ4v) is 6.17. The number of sulfonamides is 1. The summed E-state index contributed by atoms with van der Waals surface area (Å²) in [5, 5.41) is 3.07. The molecule has 1 N–H and O–H groups in total. The highest BCUT2D eigenvalue weighted by atomic mass is 79.9. The Hall–Kier alpha value is -3.37. The van der Waals surface area contributed by atoms with E-state index in [1.165, 1.54) is 4.31 Å². The Morgan fingerprint density at radius 2 is 1.63 bits per heavy atom. The molecule has 0 spiro atoms. The van der Waals surface area contributed by atoms with Crippen molar-refractivity contribution < 1.29 is 22.7 Å². The molecule has 0 aliphatic heterocycles. The number of nitrogens with one attached hydrogen (secondary N) is 1. The molecule has 2 atom stereocenters. The number of carbonyl (C=O) groups excluding carboxylic acids is 2. The zero-order valence-corrected chi connectivity index (χ0v) is 27.7. The standard InChI is InChI=1S/C33H42BrN3O5S/c1-5-25(3)35-33(39)30(23-26-14-8-7-9-15-26)36(24-27-16-12-17-28(34)22-27)32(38)20-13-21-37(43(4,40)41)29-18-10-11-19-31(29)42-6-2/h7-12,14-19,22,25,30H,5-6,13,20-21,23-24H2,1-4H3,(H,35,39)/t25-,30+/m0/s1. The molecule has 0 aliphatic rings. The van der Waals surface area contributed by atoms with Gasteiger partial charge in [0.15, 0.2) is 0 Å². The minimum Gasteiger partial charge on any atom is -0.492 e. The number of halogens is 1. The fourth-order valence-electron chi connectivity index (χ4n) is 4.75. The molecule has 0 bridgehead atoms. The molecule has 0 aromatic heterocycles. The average Bonchev–Trinajstić information content (AvgIpc) is 2.97. The quantitative estimate of drug-likeness (QED) is 0.203. The Morgan fingerprint density at radius 1 is 0.953 bits per heavy atom. The lowest BCUT2D eigenvalue weighted by molar-refractivity contribution is -0.141. The summed E-state index contributed by atoms with van der Waals surface area (Å²) in [6.07, 6.45) is 2.56. The molecule has 3 aromatic carbocycles. The van der Waals surface area contributed by atoms with Crippen molar-refractivity contribution in [1.29, 1.82) is 0 Å². The number of anilines is 1. The van der Waals surface area contributed by atoms with E-state index in [1.807, 2.05) is 75.4 Å². The van der Waals surface area contributed by atoms with Crippen molar-refractivity contribution in [3.05, 3.63) is 94.5 Å². The first-order valence-electron chi connectivity index (χ1n) is 14.6. The predicted molar refractivity (Wildman–Crippen MR) is 176 cm³/mol. The monoisotopic (exact) mass is 671 g/mol. The van der Waals surface area contributed by atoms with Crippen LogP contribution in [0.4, 0.5) is 5.69 Å². The van der Waals surface area contributed by atoms with Crippen LogP contribution in [0.25, 0.3) is 0 Å². The molecule has 0 fully saturated rings. The van der Waals surface area contributed by atoms with E-state index in [1.54, 1.807) is 29.2 Å². The summed E-state index contributed by atoms with van der Waals surface area (Å²) in [6, 6.07) is 23.5. The highest BCUT2D eigenvalue weighted by Crippen LogP contribution is 2.30. The Bertz CT molecular complexity index is 1450. The van der Waals surface area contributed by atoms with Gasteiger partial charge in [-0.25, -0.2) is 8.42 Å². The topological polar surface area (TPSA) is 96.0 Å². The summed E-state index contributed by atoms with van der Waals surface area (Å²) in [5.74, 6) is 0.0133. The van der Waals surface area contributed by atoms with Crippen LogP contribution in [0.2, 0.25) is 0 Å². The maximum absolute atomic E-state index is 14.0. The van der Waals surface area contributed by atoms with Crippen LogP contribution < -0.4 is 14.4 Å². The summed E-state index contributed by atoms with van der Waals surface area (Å²) < 4.78 is 33.5. The van der Waals surface area contributed by atoms with Gasteiger partial charge >= 0.3 is 0 Å². The van der Waals surface area contributed by atoms with Gasteiger partial charge in [0.05, 0.1) is 18.6 Å². The van der Waals surface area contributed by atoms with Gasteiger partial charge in [-0.2, -0.15) is 0 Å². The third-order valence-electron chi connectivity index (χ3n) is 7.10. The van der Waals surface area contributed by atoms with Crippen molar-refractivity contribution in [3.63, 3.8) is 0 Å². The Morgan fingerprint density at radius 3 is 2.28 bits per heavy atom. The van der Waals surface area contributed by atoms with Crippen molar-refractivity contribution in [2.75, 3.05) is 23.7 Å². The van der Waals surface area contributed by atoms with E-state index >= 15 is 0 Å². The molecule has 43 heavy (non-hydrogen) atoms. The summed E-state index contributed by atoms with van der Waals surface area (Å²) >= 11 is 3.51. The van der Waals surface area contributed by atoms with Crippen LogP contribution in [0, 0.1) is 0 Å². The highest BCUT2D eigenvalue weighted by Gasteiger charge is 2.31. The molecular formula is C33H42BrN3O5S. The molecule has 0 unspecified atom stereocenters. The molecule has 2 amide bonds. The van der Waals surface area contributed by atoms with Gasteiger partial charge in [-0.05, 0) is 62.1 Å². The van der Waals surface area contributed by atoms with Gasteiger partial charge in [-0.3, -0.25) is 13.9 Å². The lowest BCUT2D eigenvalue weighted by atomic mass is 10.0. The molecule has 232 valence electrons. The Kier molecular flexibility index (Phi) is 13.1. The van der Waals surface area contributed by atoms with Crippen LogP contribution >= 0.6 is 15.9 Å². The smallest absolute Gasteiger partial charge is 0.243 e. The number of para-hydroxylation sites is 2. The van der Waals surface area contributed by atoms with Gasteiger partial charge in [-0.15, -0.1) is 0 Å². The second kappa shape index (κ2) is 16.5. The third kappa shape index (κ3) is 10.4. The van der Waals surface area contributed by atoms with Crippen molar-refractivity contribution in [3.8, 4) is 5.75 Å². The van der Waals surface area contributed by atoms with Crippen LogP contribution in [0.15, 0.2) is 83.3 Å². The number of hydrogen-bond acceptors (Lipinski definition) is 5. The molecule has 0 saturated carbocycles. The van der Waals surface area contributed by atoms with Crippen molar-refractivity contribution >= 4 is 43.5 Å². The van der Waals surface area contributed by atoms with E-state index in [9.17, 15) is 18.0 Å². The number of rotatable bonds is 16. The molecule has 0 heterocycles. The van der Waals surface area contributed by atoms with Crippen molar-refractivity contribution in [1.82, 2.24) is 10.2 Å². The molecule has 10 heteroatoms. The normalized spacial score (nSPS) is 12.7. The molecule has 8 nitrogen and oxygen atoms in total. The van der Waals surface area contributed by atoms with Crippen molar-refractivity contribution in [2.45, 2.75) is 65.1 Å². The molecule has 0 saturated heterocycles. The van der Waals surface area contributed by atoms with Gasteiger partial charge in [0.25, 0.3) is 0 Å². The number of amides is 2. The van der Waals surface area contributed by atoms with E-state index < -0.39 is 16.1 Å². The first-order chi connectivity index (χ1) is 20.5. The molecule has 3 aromatic rings. The number of carbonyl (C=O) groups is 2. The van der Waals surface area contributed by atoms with Crippen LogP contribution in [-0.2, 0) is 32.6 Å². The molecule has 0 aliphatic carbocycles. The Labute approximate surface area is 264 Å². The van der Waals surface area contributed by atoms with E-state index in [0.29, 0.717) is 24.5 Å². The van der Waals surface area contributed by atoms with E-state index in [0.717, 1.165) is 28.3 Å². The van der Waals surface area contributed by atoms with Crippen LogP contribution in [0.5, 0.6) is 5.75 Å². The largest absolute Gasteiger partial charge is 0.492 e. The highest BCUT2D eigenvalue weighted by molar-refractivity contribution is 9.10. The number of hydrogen-bond donors (Lipinski definition) is 1. The second-order valence-electron chi connectivity index (χ2n) is 10.5. The predicted octanol–water partition coefficient (Wildman–Crippen LogP) is 5.95. The minimum absolute atomic E-state index is 0.0534. The average molecular weight is 673 g/mol. The third-order valence-corrected chi connectivity index (χ3v) is 8.77. The summed E-state index contributed by atoms with van der Waals surface area (Å²) in [7, 11) is -3.66. The van der Waals surface area contributed by atoms with E-state index in [-0.39, 0.29) is 43.8 Å². The Balaban J connectivity index is 1.91. The van der Waals surface area contributed by atoms with Gasteiger partial charge in [-0.1, -0.05) is 77.5 Å². The van der Waals surface area contributed by atoms with Crippen LogP contribution in [-0.4, -0.2) is 56.6 Å². The summed E-state index contributed by atoms with van der Waals surface area (Å²) in [6.45, 7) is 6.48. The zero-order chi connectivity index (χ0) is 31.4. The zero-order valence-electron chi connectivity index (χ0n) is 25.3. The van der Waals surface area contributed by atoms with Crippen LogP contribution in [0.1, 0.15) is 51.2 Å². The summed E-state index contributed by atoms with van der Waals surface area (Å²) in [4.78, 5) is 29.3.